The summed E-state index contributed by atoms with van der Waals surface area (Å²) in [5.41, 5.74) is -0.360. The number of carbonyl (C=O) groups is 1. The summed E-state index contributed by atoms with van der Waals surface area (Å²) in [6, 6.07) is 7.13. The van der Waals surface area contributed by atoms with E-state index in [1.807, 2.05) is 6.92 Å². The Balaban J connectivity index is 1.71. The topological polar surface area (TPSA) is 118 Å². The third-order valence-corrected chi connectivity index (χ3v) is 6.38. The van der Waals surface area contributed by atoms with E-state index in [1.54, 1.807) is 32.9 Å². The fourth-order valence-electron chi connectivity index (χ4n) is 4.23. The van der Waals surface area contributed by atoms with E-state index in [-0.39, 0.29) is 28.6 Å². The maximum Gasteiger partial charge on any atom is 0.342 e. The maximum absolute atomic E-state index is 14.3. The number of nitrogens with zero attached hydrogens (tertiary/aromatic N) is 4. The van der Waals surface area contributed by atoms with Gasteiger partial charge in [-0.3, -0.25) is 5.41 Å². The number of hydrogen-bond acceptors (Lipinski definition) is 8. The summed E-state index contributed by atoms with van der Waals surface area (Å²) in [4.78, 5) is 21.2. The van der Waals surface area contributed by atoms with Crippen molar-refractivity contribution >= 4 is 17.5 Å². The molecule has 218 valence electrons. The Labute approximate surface area is 236 Å². The van der Waals surface area contributed by atoms with Crippen LogP contribution in [0.3, 0.4) is 0 Å². The second-order valence-corrected chi connectivity index (χ2v) is 10.9. The summed E-state index contributed by atoms with van der Waals surface area (Å²) in [5.74, 6) is 0.0260. The van der Waals surface area contributed by atoms with E-state index < -0.39 is 29.5 Å². The molecule has 0 bridgehead atoms. The van der Waals surface area contributed by atoms with Crippen LogP contribution >= 0.6 is 0 Å². The number of ether oxygens (including phenoxy) is 1. The second kappa shape index (κ2) is 12.1. The molecule has 1 aliphatic rings. The van der Waals surface area contributed by atoms with Gasteiger partial charge in [0.2, 0.25) is 0 Å². The first-order valence-corrected chi connectivity index (χ1v) is 13.4. The molecular weight excluding hydrogens is 535 g/mol. The van der Waals surface area contributed by atoms with E-state index in [2.05, 4.69) is 25.7 Å². The van der Waals surface area contributed by atoms with Crippen molar-refractivity contribution in [3.05, 3.63) is 76.4 Å². The van der Waals surface area contributed by atoms with Gasteiger partial charge in [0, 0.05) is 23.7 Å². The Hall–Kier alpha value is -4.22. The van der Waals surface area contributed by atoms with Gasteiger partial charge >= 0.3 is 5.97 Å². The van der Waals surface area contributed by atoms with Crippen LogP contribution in [0.2, 0.25) is 0 Å². The lowest BCUT2D eigenvalue weighted by atomic mass is 10.00. The molecule has 4 rings (SSSR count). The van der Waals surface area contributed by atoms with Gasteiger partial charge in [-0.05, 0) is 77.1 Å². The fourth-order valence-corrected chi connectivity index (χ4v) is 4.23. The molecule has 1 saturated carbocycles. The first kappa shape index (κ1) is 29.8. The van der Waals surface area contributed by atoms with Crippen LogP contribution in [-0.4, -0.2) is 43.6 Å². The normalized spacial score (nSPS) is 14.1. The average Bonchev–Trinajstić information content (AvgIpc) is 3.66. The van der Waals surface area contributed by atoms with Crippen molar-refractivity contribution in [2.75, 3.05) is 11.9 Å². The van der Waals surface area contributed by atoms with Crippen molar-refractivity contribution < 1.29 is 22.7 Å². The monoisotopic (exact) mass is 569 g/mol. The van der Waals surface area contributed by atoms with Gasteiger partial charge in [0.25, 0.3) is 6.43 Å². The van der Waals surface area contributed by atoms with Gasteiger partial charge in [0.15, 0.2) is 5.82 Å². The van der Waals surface area contributed by atoms with Crippen molar-refractivity contribution in [2.45, 2.75) is 65.9 Å². The molecular formula is C29H34F3N7O2. The zero-order chi connectivity index (χ0) is 29.9. The number of alkyl halides is 2. The minimum absolute atomic E-state index is 0.0175. The van der Waals surface area contributed by atoms with E-state index >= 15 is 0 Å². The quantitative estimate of drug-likeness (QED) is 0.189. The zero-order valence-corrected chi connectivity index (χ0v) is 23.7. The van der Waals surface area contributed by atoms with E-state index in [0.29, 0.717) is 35.8 Å². The summed E-state index contributed by atoms with van der Waals surface area (Å²) in [5, 5.41) is 19.6. The van der Waals surface area contributed by atoms with Crippen molar-refractivity contribution in [3.63, 3.8) is 0 Å². The molecule has 0 aliphatic heterocycles. The first-order chi connectivity index (χ1) is 19.4. The third kappa shape index (κ3) is 7.30. The smallest absolute Gasteiger partial charge is 0.342 e. The largest absolute Gasteiger partial charge is 0.456 e. The number of carbonyl (C=O) groups excluding carboxylic acids is 1. The summed E-state index contributed by atoms with van der Waals surface area (Å²) in [7, 11) is 0. The Bertz CT molecular complexity index is 1460. The highest BCUT2D eigenvalue weighted by molar-refractivity contribution is 6.11. The summed E-state index contributed by atoms with van der Waals surface area (Å²) in [6.45, 7) is 8.99. The van der Waals surface area contributed by atoms with Crippen LogP contribution in [0.5, 0.6) is 0 Å². The molecule has 0 unspecified atom stereocenters. The predicted molar refractivity (Wildman–Crippen MR) is 149 cm³/mol. The van der Waals surface area contributed by atoms with Crippen LogP contribution in [0.1, 0.15) is 80.7 Å². The lowest BCUT2D eigenvalue weighted by molar-refractivity contribution is 0.00607. The van der Waals surface area contributed by atoms with Crippen molar-refractivity contribution in [2.24, 2.45) is 5.92 Å². The number of aromatic nitrogens is 4. The Morgan fingerprint density at radius 3 is 2.46 bits per heavy atom. The summed E-state index contributed by atoms with van der Waals surface area (Å²) >= 11 is 0. The summed E-state index contributed by atoms with van der Waals surface area (Å²) in [6.07, 6.45) is 0.838. The van der Waals surface area contributed by atoms with E-state index in [9.17, 15) is 18.0 Å². The predicted octanol–water partition coefficient (Wildman–Crippen LogP) is 6.10. The van der Waals surface area contributed by atoms with Crippen molar-refractivity contribution in [1.29, 1.82) is 5.41 Å². The zero-order valence-electron chi connectivity index (χ0n) is 23.7. The lowest BCUT2D eigenvalue weighted by Gasteiger charge is -2.20. The Morgan fingerprint density at radius 2 is 1.88 bits per heavy atom. The molecule has 2 heterocycles. The number of hydrogen-bond donors (Lipinski definition) is 3. The number of anilines is 1. The fraction of sp³-hybridized carbons (Fsp3) is 0.414. The molecule has 1 fully saturated rings. The standard InChI is InChI=1S/C29H34F3N7O2/c1-6-20(24(33)18-9-11-19(30)12-10-18)27(34-14-17-7-8-17)37-21-13-22(36-15-35-21)39-25(26(31)32)23(16(2)38-39)28(40)41-29(3,4)5/h9-13,15,17,26,33-34H,6-8,14H2,1-5H3,(H,35,36,37)/b27-20+,33-24?. The van der Waals surface area contributed by atoms with Gasteiger partial charge in [0.05, 0.1) is 11.4 Å². The van der Waals surface area contributed by atoms with Crippen LogP contribution in [0.4, 0.5) is 19.0 Å². The molecule has 0 atom stereocenters. The number of allylic oxidation sites excluding steroid dienone is 1. The minimum Gasteiger partial charge on any atom is -0.456 e. The molecule has 1 aliphatic carbocycles. The van der Waals surface area contributed by atoms with Crippen LogP contribution in [0.25, 0.3) is 5.82 Å². The highest BCUT2D eigenvalue weighted by atomic mass is 19.3. The number of esters is 1. The van der Waals surface area contributed by atoms with Gasteiger partial charge in [-0.15, -0.1) is 0 Å². The molecule has 0 spiro atoms. The molecule has 3 aromatic rings. The summed E-state index contributed by atoms with van der Waals surface area (Å²) < 4.78 is 48.4. The number of rotatable bonds is 11. The van der Waals surface area contributed by atoms with Gasteiger partial charge in [-0.1, -0.05) is 6.92 Å². The number of aryl methyl sites for hydroxylation is 1. The molecule has 9 nitrogen and oxygen atoms in total. The van der Waals surface area contributed by atoms with Crippen LogP contribution in [0.15, 0.2) is 48.1 Å². The van der Waals surface area contributed by atoms with Crippen LogP contribution in [-0.2, 0) is 4.74 Å². The Kier molecular flexibility index (Phi) is 8.79. The van der Waals surface area contributed by atoms with Gasteiger partial charge in [-0.25, -0.2) is 32.6 Å². The lowest BCUT2D eigenvalue weighted by Crippen LogP contribution is -2.26. The highest BCUT2D eigenvalue weighted by Crippen LogP contribution is 2.31. The van der Waals surface area contributed by atoms with Gasteiger partial charge < -0.3 is 15.4 Å². The number of nitrogens with one attached hydrogen (secondary N) is 3. The molecule has 0 radical (unpaired) electrons. The molecule has 2 aromatic heterocycles. The first-order valence-electron chi connectivity index (χ1n) is 13.4. The van der Waals surface area contributed by atoms with Crippen molar-refractivity contribution in [3.8, 4) is 5.82 Å². The minimum atomic E-state index is -3.04. The van der Waals surface area contributed by atoms with E-state index in [0.717, 1.165) is 17.5 Å². The van der Waals surface area contributed by atoms with Crippen LogP contribution in [0, 0.1) is 24.1 Å². The van der Waals surface area contributed by atoms with E-state index in [1.165, 1.54) is 31.5 Å². The van der Waals surface area contributed by atoms with Crippen molar-refractivity contribution in [1.82, 2.24) is 25.1 Å². The van der Waals surface area contributed by atoms with Gasteiger partial charge in [-0.2, -0.15) is 5.10 Å². The number of benzene rings is 1. The molecule has 3 N–H and O–H groups in total. The molecule has 12 heteroatoms. The van der Waals surface area contributed by atoms with E-state index in [4.69, 9.17) is 10.1 Å². The Morgan fingerprint density at radius 1 is 1.20 bits per heavy atom. The average molecular weight is 570 g/mol. The molecule has 41 heavy (non-hydrogen) atoms. The number of halogens is 3. The van der Waals surface area contributed by atoms with Crippen LogP contribution < -0.4 is 10.6 Å². The highest BCUT2D eigenvalue weighted by Gasteiger charge is 2.32. The molecule has 0 amide bonds. The van der Waals surface area contributed by atoms with Gasteiger partial charge in [0.1, 0.15) is 40.6 Å². The SMILES string of the molecule is CC/C(C(=N)c1ccc(F)cc1)=C(/NCC1CC1)Nc1cc(-n2nc(C)c(C(=O)OC(C)(C)C)c2C(F)F)ncn1. The molecule has 1 aromatic carbocycles. The maximum atomic E-state index is 14.3. The second-order valence-electron chi connectivity index (χ2n) is 10.9. The third-order valence-electron chi connectivity index (χ3n) is 6.38. The molecule has 0 saturated heterocycles.